The summed E-state index contributed by atoms with van der Waals surface area (Å²) in [7, 11) is 1.66. The predicted molar refractivity (Wildman–Crippen MR) is 90.8 cm³/mol. The minimum atomic E-state index is 0.523. The molecule has 21 heavy (non-hydrogen) atoms. The van der Waals surface area contributed by atoms with Gasteiger partial charge in [0.15, 0.2) is 0 Å². The summed E-state index contributed by atoms with van der Waals surface area (Å²) < 4.78 is 5.39. The standard InChI is InChI=1S/C16H16Cl3NO/c1-3-20-9-11-6-10(4-5-15(11)21-2)16-13(18)7-12(17)8-14(16)19/h4-8,20H,3,9H2,1-2H3. The van der Waals surface area contributed by atoms with Crippen LogP contribution in [0.4, 0.5) is 0 Å². The lowest BCUT2D eigenvalue weighted by Crippen LogP contribution is -2.12. The second-order valence-corrected chi connectivity index (χ2v) is 5.80. The summed E-state index contributed by atoms with van der Waals surface area (Å²) in [6.07, 6.45) is 0. The molecular formula is C16H16Cl3NO. The van der Waals surface area contributed by atoms with E-state index in [-0.39, 0.29) is 0 Å². The number of ether oxygens (including phenoxy) is 1. The van der Waals surface area contributed by atoms with Crippen molar-refractivity contribution in [1.82, 2.24) is 5.32 Å². The zero-order valence-corrected chi connectivity index (χ0v) is 14.1. The number of hydrogen-bond donors (Lipinski definition) is 1. The van der Waals surface area contributed by atoms with E-state index in [1.54, 1.807) is 19.2 Å². The van der Waals surface area contributed by atoms with Gasteiger partial charge in [0.25, 0.3) is 0 Å². The highest BCUT2D eigenvalue weighted by atomic mass is 35.5. The molecule has 0 aliphatic carbocycles. The van der Waals surface area contributed by atoms with E-state index in [0.717, 1.165) is 35.5 Å². The zero-order valence-electron chi connectivity index (χ0n) is 11.8. The Morgan fingerprint density at radius 3 is 2.29 bits per heavy atom. The van der Waals surface area contributed by atoms with Gasteiger partial charge in [-0.25, -0.2) is 0 Å². The molecule has 2 aromatic rings. The summed E-state index contributed by atoms with van der Waals surface area (Å²) >= 11 is 18.5. The van der Waals surface area contributed by atoms with Gasteiger partial charge in [0.05, 0.1) is 17.2 Å². The summed E-state index contributed by atoms with van der Waals surface area (Å²) in [4.78, 5) is 0. The highest BCUT2D eigenvalue weighted by Crippen LogP contribution is 2.38. The molecule has 0 radical (unpaired) electrons. The minimum absolute atomic E-state index is 0.523. The summed E-state index contributed by atoms with van der Waals surface area (Å²) in [5.41, 5.74) is 2.78. The van der Waals surface area contributed by atoms with Crippen molar-refractivity contribution >= 4 is 34.8 Å². The Labute approximate surface area is 140 Å². The fourth-order valence-corrected chi connectivity index (χ4v) is 3.19. The fourth-order valence-electron chi connectivity index (χ4n) is 2.15. The second-order valence-electron chi connectivity index (χ2n) is 4.55. The zero-order chi connectivity index (χ0) is 15.4. The Morgan fingerprint density at radius 2 is 1.71 bits per heavy atom. The predicted octanol–water partition coefficient (Wildman–Crippen LogP) is 5.43. The number of benzene rings is 2. The number of methoxy groups -OCH3 is 1. The van der Waals surface area contributed by atoms with Crippen LogP contribution in [-0.4, -0.2) is 13.7 Å². The normalized spacial score (nSPS) is 10.7. The van der Waals surface area contributed by atoms with Gasteiger partial charge in [0.1, 0.15) is 5.75 Å². The lowest BCUT2D eigenvalue weighted by atomic mass is 10.0. The van der Waals surface area contributed by atoms with Gasteiger partial charge >= 0.3 is 0 Å². The second kappa shape index (κ2) is 7.37. The molecule has 2 nitrogen and oxygen atoms in total. The Balaban J connectivity index is 2.50. The van der Waals surface area contributed by atoms with E-state index in [1.807, 2.05) is 18.2 Å². The average molecular weight is 345 g/mol. The molecule has 0 heterocycles. The highest BCUT2D eigenvalue weighted by molar-refractivity contribution is 6.41. The van der Waals surface area contributed by atoms with E-state index < -0.39 is 0 Å². The largest absolute Gasteiger partial charge is 0.496 e. The first-order valence-corrected chi connectivity index (χ1v) is 7.72. The summed E-state index contributed by atoms with van der Waals surface area (Å²) in [5.74, 6) is 0.834. The van der Waals surface area contributed by atoms with Crippen LogP contribution in [0.2, 0.25) is 15.1 Å². The van der Waals surface area contributed by atoms with Crippen LogP contribution in [0.25, 0.3) is 11.1 Å². The molecule has 0 saturated carbocycles. The molecular weight excluding hydrogens is 329 g/mol. The van der Waals surface area contributed by atoms with E-state index in [0.29, 0.717) is 15.1 Å². The smallest absolute Gasteiger partial charge is 0.123 e. The lowest BCUT2D eigenvalue weighted by molar-refractivity contribution is 0.408. The topological polar surface area (TPSA) is 21.3 Å². The number of nitrogens with one attached hydrogen (secondary N) is 1. The van der Waals surface area contributed by atoms with Gasteiger partial charge < -0.3 is 10.1 Å². The van der Waals surface area contributed by atoms with Gasteiger partial charge in [-0.15, -0.1) is 0 Å². The van der Waals surface area contributed by atoms with Crippen LogP contribution in [-0.2, 0) is 6.54 Å². The van der Waals surface area contributed by atoms with E-state index in [4.69, 9.17) is 39.5 Å². The molecule has 0 aliphatic heterocycles. The molecule has 5 heteroatoms. The van der Waals surface area contributed by atoms with Crippen molar-refractivity contribution in [3.8, 4) is 16.9 Å². The van der Waals surface area contributed by atoms with Crippen molar-refractivity contribution in [3.05, 3.63) is 51.0 Å². The van der Waals surface area contributed by atoms with Crippen molar-refractivity contribution in [2.24, 2.45) is 0 Å². The Bertz CT molecular complexity index is 620. The molecule has 0 amide bonds. The van der Waals surface area contributed by atoms with E-state index in [9.17, 15) is 0 Å². The molecule has 0 spiro atoms. The van der Waals surface area contributed by atoms with Gasteiger partial charge in [0, 0.05) is 22.7 Å². The Kier molecular flexibility index (Phi) is 5.77. The fraction of sp³-hybridized carbons (Fsp3) is 0.250. The maximum absolute atomic E-state index is 6.28. The van der Waals surface area contributed by atoms with Gasteiger partial charge in [-0.1, -0.05) is 47.8 Å². The molecule has 0 atom stereocenters. The first kappa shape index (κ1) is 16.4. The van der Waals surface area contributed by atoms with Crippen LogP contribution in [0.5, 0.6) is 5.75 Å². The van der Waals surface area contributed by atoms with Crippen LogP contribution in [0.1, 0.15) is 12.5 Å². The van der Waals surface area contributed by atoms with Crippen molar-refractivity contribution in [1.29, 1.82) is 0 Å². The molecule has 112 valence electrons. The number of halogens is 3. The molecule has 1 N–H and O–H groups in total. The molecule has 0 bridgehead atoms. The number of rotatable bonds is 5. The molecule has 0 fully saturated rings. The number of hydrogen-bond acceptors (Lipinski definition) is 2. The quantitative estimate of drug-likeness (QED) is 0.780. The summed E-state index contributed by atoms with van der Waals surface area (Å²) in [5, 5.41) is 4.88. The van der Waals surface area contributed by atoms with E-state index in [1.165, 1.54) is 0 Å². The monoisotopic (exact) mass is 343 g/mol. The third kappa shape index (κ3) is 3.83. The van der Waals surface area contributed by atoms with Gasteiger partial charge in [-0.3, -0.25) is 0 Å². The van der Waals surface area contributed by atoms with Crippen molar-refractivity contribution in [3.63, 3.8) is 0 Å². The lowest BCUT2D eigenvalue weighted by Gasteiger charge is -2.13. The van der Waals surface area contributed by atoms with Crippen LogP contribution in [0, 0.1) is 0 Å². The highest BCUT2D eigenvalue weighted by Gasteiger charge is 2.12. The van der Waals surface area contributed by atoms with Gasteiger partial charge in [-0.2, -0.15) is 0 Å². The van der Waals surface area contributed by atoms with E-state index in [2.05, 4.69) is 12.2 Å². The third-order valence-electron chi connectivity index (χ3n) is 3.14. The van der Waals surface area contributed by atoms with Crippen LogP contribution < -0.4 is 10.1 Å². The first-order valence-electron chi connectivity index (χ1n) is 6.59. The van der Waals surface area contributed by atoms with Crippen molar-refractivity contribution in [2.45, 2.75) is 13.5 Å². The van der Waals surface area contributed by atoms with Gasteiger partial charge in [-0.05, 0) is 36.4 Å². The molecule has 0 aromatic heterocycles. The summed E-state index contributed by atoms with van der Waals surface area (Å²) in [6.45, 7) is 3.66. The molecule has 0 aliphatic rings. The Morgan fingerprint density at radius 1 is 1.05 bits per heavy atom. The third-order valence-corrected chi connectivity index (χ3v) is 3.96. The maximum atomic E-state index is 6.28. The van der Waals surface area contributed by atoms with Gasteiger partial charge in [0.2, 0.25) is 0 Å². The SMILES string of the molecule is CCNCc1cc(-c2c(Cl)cc(Cl)cc2Cl)ccc1OC. The first-order chi connectivity index (χ1) is 10.1. The molecule has 2 aromatic carbocycles. The molecule has 0 unspecified atom stereocenters. The maximum Gasteiger partial charge on any atom is 0.123 e. The minimum Gasteiger partial charge on any atom is -0.496 e. The Hall–Kier alpha value is -0.930. The van der Waals surface area contributed by atoms with Crippen molar-refractivity contribution < 1.29 is 4.74 Å². The molecule has 0 saturated heterocycles. The van der Waals surface area contributed by atoms with Crippen LogP contribution >= 0.6 is 34.8 Å². The summed E-state index contributed by atoms with van der Waals surface area (Å²) in [6, 6.07) is 9.28. The van der Waals surface area contributed by atoms with E-state index >= 15 is 0 Å². The van der Waals surface area contributed by atoms with Crippen LogP contribution in [0.3, 0.4) is 0 Å². The average Bonchev–Trinajstić information content (AvgIpc) is 2.44. The van der Waals surface area contributed by atoms with Crippen molar-refractivity contribution in [2.75, 3.05) is 13.7 Å². The molecule has 2 rings (SSSR count). The van der Waals surface area contributed by atoms with Crippen LogP contribution in [0.15, 0.2) is 30.3 Å².